The van der Waals surface area contributed by atoms with E-state index < -0.39 is 0 Å². The maximum Gasteiger partial charge on any atom is 0.242 e. The zero-order chi connectivity index (χ0) is 21.2. The molecular weight excluding hydrogens is 388 g/mol. The van der Waals surface area contributed by atoms with Gasteiger partial charge < -0.3 is 14.5 Å². The van der Waals surface area contributed by atoms with Crippen molar-refractivity contribution >= 4 is 11.8 Å². The van der Waals surface area contributed by atoms with Gasteiger partial charge in [0.2, 0.25) is 11.8 Å². The number of fused-ring (bicyclic) bond motifs is 3. The van der Waals surface area contributed by atoms with E-state index in [2.05, 4.69) is 30.3 Å². The number of rotatable bonds is 4. The second-order valence-electron chi connectivity index (χ2n) is 9.04. The van der Waals surface area contributed by atoms with E-state index in [4.69, 9.17) is 4.74 Å². The van der Waals surface area contributed by atoms with Crippen molar-refractivity contribution in [1.29, 1.82) is 0 Å². The molecule has 1 saturated heterocycles. The van der Waals surface area contributed by atoms with Crippen LogP contribution in [0, 0.1) is 5.92 Å². The van der Waals surface area contributed by atoms with Crippen LogP contribution in [0.15, 0.2) is 54.6 Å². The lowest BCUT2D eigenvalue weighted by molar-refractivity contribution is -0.152. The predicted octanol–water partition coefficient (Wildman–Crippen LogP) is 3.73. The van der Waals surface area contributed by atoms with E-state index in [1.165, 1.54) is 16.7 Å². The first-order valence-electron chi connectivity index (χ1n) is 11.5. The summed E-state index contributed by atoms with van der Waals surface area (Å²) in [4.78, 5) is 29.9. The third-order valence-corrected chi connectivity index (χ3v) is 7.12. The van der Waals surface area contributed by atoms with Crippen molar-refractivity contribution in [3.05, 3.63) is 71.3 Å². The van der Waals surface area contributed by atoms with Crippen molar-refractivity contribution in [2.24, 2.45) is 5.92 Å². The maximum atomic E-state index is 13.3. The SMILES string of the molecule is O=C(C1CCC(OCc2ccccc2)CC1)N1CC(=O)N2CCc3ccccc3[C@H]2C1. The monoisotopic (exact) mass is 418 g/mol. The van der Waals surface area contributed by atoms with Crippen molar-refractivity contribution < 1.29 is 14.3 Å². The maximum absolute atomic E-state index is 13.3. The van der Waals surface area contributed by atoms with Crippen LogP contribution in [-0.2, 0) is 27.4 Å². The van der Waals surface area contributed by atoms with Gasteiger partial charge in [0.15, 0.2) is 0 Å². The van der Waals surface area contributed by atoms with Gasteiger partial charge in [-0.2, -0.15) is 0 Å². The molecule has 0 radical (unpaired) electrons. The van der Waals surface area contributed by atoms with E-state index in [9.17, 15) is 9.59 Å². The Kier molecular flexibility index (Phi) is 5.77. The van der Waals surface area contributed by atoms with E-state index in [0.29, 0.717) is 13.2 Å². The van der Waals surface area contributed by atoms with E-state index in [1.807, 2.05) is 34.1 Å². The molecule has 2 heterocycles. The molecule has 2 amide bonds. The molecule has 0 unspecified atom stereocenters. The summed E-state index contributed by atoms with van der Waals surface area (Å²) in [7, 11) is 0. The molecule has 2 aromatic rings. The molecule has 31 heavy (non-hydrogen) atoms. The Balaban J connectivity index is 1.18. The summed E-state index contributed by atoms with van der Waals surface area (Å²) in [5.74, 6) is 0.242. The third kappa shape index (κ3) is 4.24. The lowest BCUT2D eigenvalue weighted by atomic mass is 9.85. The molecule has 2 aromatic carbocycles. The van der Waals surface area contributed by atoms with E-state index in [-0.39, 0.29) is 36.4 Å². The van der Waals surface area contributed by atoms with E-state index in [0.717, 1.165) is 38.6 Å². The van der Waals surface area contributed by atoms with Gasteiger partial charge in [-0.25, -0.2) is 0 Å². The lowest BCUT2D eigenvalue weighted by Crippen LogP contribution is -2.56. The molecule has 0 bridgehead atoms. The molecule has 2 aliphatic heterocycles. The van der Waals surface area contributed by atoms with Gasteiger partial charge in [-0.1, -0.05) is 54.6 Å². The summed E-state index contributed by atoms with van der Waals surface area (Å²) >= 11 is 0. The molecule has 3 aliphatic rings. The minimum atomic E-state index is 0.000643. The Labute approximate surface area is 184 Å². The minimum absolute atomic E-state index is 0.000643. The third-order valence-electron chi connectivity index (χ3n) is 7.12. The molecule has 1 atom stereocenters. The van der Waals surface area contributed by atoms with Gasteiger partial charge in [0, 0.05) is 19.0 Å². The minimum Gasteiger partial charge on any atom is -0.374 e. The molecule has 5 rings (SSSR count). The molecule has 1 aliphatic carbocycles. The first-order valence-corrected chi connectivity index (χ1v) is 11.5. The van der Waals surface area contributed by atoms with Crippen LogP contribution in [0.25, 0.3) is 0 Å². The average molecular weight is 419 g/mol. The number of hydrogen-bond donors (Lipinski definition) is 0. The molecule has 0 aromatic heterocycles. The Hall–Kier alpha value is -2.66. The highest BCUT2D eigenvalue weighted by molar-refractivity contribution is 5.87. The number of carbonyl (C=O) groups excluding carboxylic acids is 2. The molecule has 0 N–H and O–H groups in total. The quantitative estimate of drug-likeness (QED) is 0.760. The second-order valence-corrected chi connectivity index (χ2v) is 9.04. The van der Waals surface area contributed by atoms with Crippen molar-refractivity contribution in [2.75, 3.05) is 19.6 Å². The van der Waals surface area contributed by atoms with E-state index >= 15 is 0 Å². The van der Waals surface area contributed by atoms with Gasteiger partial charge in [-0.15, -0.1) is 0 Å². The van der Waals surface area contributed by atoms with Crippen LogP contribution in [0.2, 0.25) is 0 Å². The fourth-order valence-corrected chi connectivity index (χ4v) is 5.37. The highest BCUT2D eigenvalue weighted by Crippen LogP contribution is 2.35. The Bertz CT molecular complexity index is 937. The van der Waals surface area contributed by atoms with Crippen LogP contribution < -0.4 is 0 Å². The zero-order valence-electron chi connectivity index (χ0n) is 17.9. The Morgan fingerprint density at radius 1 is 0.968 bits per heavy atom. The van der Waals surface area contributed by atoms with Crippen LogP contribution in [0.3, 0.4) is 0 Å². The highest BCUT2D eigenvalue weighted by atomic mass is 16.5. The number of nitrogens with zero attached hydrogens (tertiary/aromatic N) is 2. The molecule has 1 saturated carbocycles. The number of benzene rings is 2. The van der Waals surface area contributed by atoms with Gasteiger partial charge in [0.1, 0.15) is 0 Å². The van der Waals surface area contributed by atoms with Gasteiger partial charge in [-0.05, 0) is 48.8 Å². The van der Waals surface area contributed by atoms with Crippen molar-refractivity contribution in [1.82, 2.24) is 9.80 Å². The zero-order valence-corrected chi connectivity index (χ0v) is 17.9. The smallest absolute Gasteiger partial charge is 0.242 e. The van der Waals surface area contributed by atoms with Gasteiger partial charge in [-0.3, -0.25) is 9.59 Å². The topological polar surface area (TPSA) is 49.9 Å². The van der Waals surface area contributed by atoms with Crippen molar-refractivity contribution in [3.63, 3.8) is 0 Å². The van der Waals surface area contributed by atoms with E-state index in [1.54, 1.807) is 0 Å². The summed E-state index contributed by atoms with van der Waals surface area (Å²) in [6.45, 7) is 2.22. The number of amides is 2. The number of ether oxygens (including phenoxy) is 1. The van der Waals surface area contributed by atoms with Crippen molar-refractivity contribution in [3.8, 4) is 0 Å². The Morgan fingerprint density at radius 2 is 1.71 bits per heavy atom. The fraction of sp³-hybridized carbons (Fsp3) is 0.462. The number of piperazine rings is 1. The molecule has 2 fully saturated rings. The summed E-state index contributed by atoms with van der Waals surface area (Å²) in [5.41, 5.74) is 3.70. The molecule has 162 valence electrons. The van der Waals surface area contributed by atoms with Crippen LogP contribution in [0.4, 0.5) is 0 Å². The molecule has 5 heteroatoms. The first-order chi connectivity index (χ1) is 15.2. The summed E-state index contributed by atoms with van der Waals surface area (Å²) in [5, 5.41) is 0. The van der Waals surface area contributed by atoms with Gasteiger partial charge in [0.05, 0.1) is 25.3 Å². The Morgan fingerprint density at radius 3 is 2.52 bits per heavy atom. The fourth-order valence-electron chi connectivity index (χ4n) is 5.37. The van der Waals surface area contributed by atoms with Gasteiger partial charge >= 0.3 is 0 Å². The summed E-state index contributed by atoms with van der Waals surface area (Å²) in [6, 6.07) is 18.6. The molecule has 0 spiro atoms. The van der Waals surface area contributed by atoms with Crippen LogP contribution in [0.5, 0.6) is 0 Å². The number of hydrogen-bond acceptors (Lipinski definition) is 3. The van der Waals surface area contributed by atoms with Gasteiger partial charge in [0.25, 0.3) is 0 Å². The number of carbonyl (C=O) groups is 2. The standard InChI is InChI=1S/C26H30N2O3/c29-25-17-27(16-24-23-9-5-4-8-20(23)14-15-28(24)25)26(30)21-10-12-22(13-11-21)31-18-19-6-2-1-3-7-19/h1-9,21-22,24H,10-18H2/t21?,22?,24-/m1/s1. The second kappa shape index (κ2) is 8.83. The van der Waals surface area contributed by atoms with Crippen LogP contribution in [-0.4, -0.2) is 47.4 Å². The first kappa shape index (κ1) is 20.3. The lowest BCUT2D eigenvalue weighted by Gasteiger charge is -2.45. The normalized spacial score (nSPS) is 25.7. The average Bonchev–Trinajstić information content (AvgIpc) is 2.83. The van der Waals surface area contributed by atoms with Crippen molar-refractivity contribution in [2.45, 2.75) is 50.9 Å². The summed E-state index contributed by atoms with van der Waals surface area (Å²) in [6.07, 6.45) is 4.61. The molecular formula is C26H30N2O3. The van der Waals surface area contributed by atoms with Crippen LogP contribution >= 0.6 is 0 Å². The highest BCUT2D eigenvalue weighted by Gasteiger charge is 2.40. The van der Waals surface area contributed by atoms with Crippen LogP contribution in [0.1, 0.15) is 48.4 Å². The predicted molar refractivity (Wildman–Crippen MR) is 118 cm³/mol. The summed E-state index contributed by atoms with van der Waals surface area (Å²) < 4.78 is 6.08. The molecule has 5 nitrogen and oxygen atoms in total. The largest absolute Gasteiger partial charge is 0.374 e.